The summed E-state index contributed by atoms with van der Waals surface area (Å²) < 4.78 is 43.8. The lowest BCUT2D eigenvalue weighted by Crippen LogP contribution is -2.23. The van der Waals surface area contributed by atoms with Gasteiger partial charge in [-0.15, -0.1) is 0 Å². The average Bonchev–Trinajstić information content (AvgIpc) is 3.26. The Kier molecular flexibility index (Phi) is 5.11. The number of sulfonamides is 1. The predicted molar refractivity (Wildman–Crippen MR) is 88.6 cm³/mol. The number of furan rings is 1. The van der Waals surface area contributed by atoms with Crippen LogP contribution in [0.3, 0.4) is 0 Å². The molecule has 1 aromatic carbocycles. The lowest BCUT2D eigenvalue weighted by atomic mass is 10.3. The van der Waals surface area contributed by atoms with Gasteiger partial charge in [-0.25, -0.2) is 13.1 Å². The number of rotatable bonds is 7. The molecule has 0 unspecified atom stereocenters. The molecule has 0 amide bonds. The Balaban J connectivity index is 1.78. The van der Waals surface area contributed by atoms with Crippen LogP contribution in [-0.4, -0.2) is 21.6 Å². The lowest BCUT2D eigenvalue weighted by Gasteiger charge is -2.17. The Bertz CT molecular complexity index is 764. The van der Waals surface area contributed by atoms with Crippen molar-refractivity contribution in [1.82, 2.24) is 4.72 Å². The molecule has 0 aliphatic heterocycles. The molecule has 0 bridgehead atoms. The Morgan fingerprint density at radius 3 is 2.67 bits per heavy atom. The first kappa shape index (κ1) is 16.9. The second kappa shape index (κ2) is 7.27. The minimum Gasteiger partial charge on any atom is -0.493 e. The van der Waals surface area contributed by atoms with Crippen molar-refractivity contribution in [2.24, 2.45) is 0 Å². The molecule has 1 heterocycles. The number of hydrogen-bond donors (Lipinski definition) is 1. The van der Waals surface area contributed by atoms with Crippen LogP contribution in [0.15, 0.2) is 45.9 Å². The maximum Gasteiger partial charge on any atom is 0.241 e. The van der Waals surface area contributed by atoms with Crippen molar-refractivity contribution in [1.29, 1.82) is 0 Å². The van der Waals surface area contributed by atoms with Crippen LogP contribution >= 0.6 is 0 Å². The second-order valence-electron chi connectivity index (χ2n) is 5.74. The SMILES string of the molecule is COc1ccc(S(=O)(=O)NCc2ccco2)cc1OC1CCCC1. The molecule has 24 heavy (non-hydrogen) atoms. The van der Waals surface area contributed by atoms with E-state index in [-0.39, 0.29) is 17.5 Å². The van der Waals surface area contributed by atoms with Gasteiger partial charge in [-0.3, -0.25) is 0 Å². The van der Waals surface area contributed by atoms with E-state index in [0.717, 1.165) is 25.7 Å². The smallest absolute Gasteiger partial charge is 0.241 e. The Morgan fingerprint density at radius 1 is 1.21 bits per heavy atom. The standard InChI is InChI=1S/C17H21NO5S/c1-21-16-9-8-15(11-17(16)23-13-5-2-3-6-13)24(19,20)18-12-14-7-4-10-22-14/h4,7-11,13,18H,2-3,5-6,12H2,1H3. The zero-order valence-corrected chi connectivity index (χ0v) is 14.3. The minimum atomic E-state index is -3.66. The molecule has 1 fully saturated rings. The monoisotopic (exact) mass is 351 g/mol. The first-order valence-corrected chi connectivity index (χ1v) is 9.43. The van der Waals surface area contributed by atoms with E-state index in [9.17, 15) is 8.42 Å². The fraction of sp³-hybridized carbons (Fsp3) is 0.412. The van der Waals surface area contributed by atoms with Crippen molar-refractivity contribution in [3.8, 4) is 11.5 Å². The minimum absolute atomic E-state index is 0.0974. The number of ether oxygens (including phenoxy) is 2. The van der Waals surface area contributed by atoms with Crippen LogP contribution in [0, 0.1) is 0 Å². The molecule has 0 atom stereocenters. The van der Waals surface area contributed by atoms with Gasteiger partial charge in [0.05, 0.1) is 30.9 Å². The van der Waals surface area contributed by atoms with Gasteiger partial charge in [0.1, 0.15) is 5.76 Å². The number of hydrogen-bond acceptors (Lipinski definition) is 5. The average molecular weight is 351 g/mol. The van der Waals surface area contributed by atoms with Crippen molar-refractivity contribution < 1.29 is 22.3 Å². The first-order valence-electron chi connectivity index (χ1n) is 7.95. The number of benzene rings is 1. The van der Waals surface area contributed by atoms with E-state index in [2.05, 4.69) is 4.72 Å². The van der Waals surface area contributed by atoms with Gasteiger partial charge >= 0.3 is 0 Å². The van der Waals surface area contributed by atoms with Gasteiger partial charge in [-0.1, -0.05) is 0 Å². The summed E-state index contributed by atoms with van der Waals surface area (Å²) in [5.41, 5.74) is 0. The molecule has 0 spiro atoms. The molecular weight excluding hydrogens is 330 g/mol. The fourth-order valence-corrected chi connectivity index (χ4v) is 3.77. The topological polar surface area (TPSA) is 77.8 Å². The van der Waals surface area contributed by atoms with E-state index in [0.29, 0.717) is 17.3 Å². The van der Waals surface area contributed by atoms with E-state index in [1.165, 1.54) is 18.4 Å². The van der Waals surface area contributed by atoms with Crippen LogP contribution in [0.25, 0.3) is 0 Å². The maximum atomic E-state index is 12.5. The van der Waals surface area contributed by atoms with E-state index in [1.54, 1.807) is 25.3 Å². The highest BCUT2D eigenvalue weighted by molar-refractivity contribution is 7.89. The molecule has 7 heteroatoms. The van der Waals surface area contributed by atoms with Gasteiger partial charge in [0, 0.05) is 6.07 Å². The highest BCUT2D eigenvalue weighted by Crippen LogP contribution is 2.33. The molecule has 0 saturated heterocycles. The summed E-state index contributed by atoms with van der Waals surface area (Å²) in [7, 11) is -2.12. The van der Waals surface area contributed by atoms with Crippen LogP contribution < -0.4 is 14.2 Å². The summed E-state index contributed by atoms with van der Waals surface area (Å²) in [6.45, 7) is 0.0974. The maximum absolute atomic E-state index is 12.5. The van der Waals surface area contributed by atoms with Gasteiger partial charge in [-0.2, -0.15) is 0 Å². The third kappa shape index (κ3) is 3.91. The van der Waals surface area contributed by atoms with E-state index in [1.807, 2.05) is 0 Å². The highest BCUT2D eigenvalue weighted by Gasteiger charge is 2.21. The van der Waals surface area contributed by atoms with Crippen molar-refractivity contribution >= 4 is 10.0 Å². The Labute approximate surface area is 141 Å². The van der Waals surface area contributed by atoms with Crippen LogP contribution in [-0.2, 0) is 16.6 Å². The zero-order chi connectivity index (χ0) is 17.0. The van der Waals surface area contributed by atoms with Gasteiger partial charge < -0.3 is 13.9 Å². The van der Waals surface area contributed by atoms with Crippen molar-refractivity contribution in [3.05, 3.63) is 42.4 Å². The molecule has 0 radical (unpaired) electrons. The largest absolute Gasteiger partial charge is 0.493 e. The van der Waals surface area contributed by atoms with Crippen LogP contribution in [0.4, 0.5) is 0 Å². The number of methoxy groups -OCH3 is 1. The summed E-state index contributed by atoms with van der Waals surface area (Å²) in [6, 6.07) is 8.06. The second-order valence-corrected chi connectivity index (χ2v) is 7.51. The quantitative estimate of drug-likeness (QED) is 0.829. The molecule has 1 N–H and O–H groups in total. The Hall–Kier alpha value is -1.99. The normalized spacial score (nSPS) is 15.5. The van der Waals surface area contributed by atoms with Gasteiger partial charge in [0.25, 0.3) is 0 Å². The highest BCUT2D eigenvalue weighted by atomic mass is 32.2. The molecule has 1 aliphatic carbocycles. The van der Waals surface area contributed by atoms with Crippen LogP contribution in [0.1, 0.15) is 31.4 Å². The Morgan fingerprint density at radius 2 is 2.00 bits per heavy atom. The fourth-order valence-electron chi connectivity index (χ4n) is 2.76. The molecule has 3 rings (SSSR count). The van der Waals surface area contributed by atoms with Crippen LogP contribution in [0.5, 0.6) is 11.5 Å². The van der Waals surface area contributed by atoms with Gasteiger partial charge in [0.2, 0.25) is 10.0 Å². The molecule has 2 aromatic rings. The summed E-state index contributed by atoms with van der Waals surface area (Å²) in [4.78, 5) is 0.142. The molecular formula is C17H21NO5S. The van der Waals surface area contributed by atoms with Crippen LogP contribution in [0.2, 0.25) is 0 Å². The molecule has 1 aromatic heterocycles. The lowest BCUT2D eigenvalue weighted by molar-refractivity contribution is 0.200. The molecule has 6 nitrogen and oxygen atoms in total. The van der Waals surface area contributed by atoms with Crippen molar-refractivity contribution in [3.63, 3.8) is 0 Å². The number of nitrogens with one attached hydrogen (secondary N) is 1. The van der Waals surface area contributed by atoms with Gasteiger partial charge in [-0.05, 0) is 49.9 Å². The third-order valence-corrected chi connectivity index (χ3v) is 5.46. The zero-order valence-electron chi connectivity index (χ0n) is 13.5. The third-order valence-electron chi connectivity index (χ3n) is 4.06. The van der Waals surface area contributed by atoms with Crippen molar-refractivity contribution in [2.75, 3.05) is 7.11 Å². The summed E-state index contributed by atoms with van der Waals surface area (Å²) >= 11 is 0. The molecule has 1 saturated carbocycles. The molecule has 130 valence electrons. The summed E-state index contributed by atoms with van der Waals surface area (Å²) in [6.07, 6.45) is 5.86. The molecule has 1 aliphatic rings. The van der Waals surface area contributed by atoms with E-state index >= 15 is 0 Å². The van der Waals surface area contributed by atoms with Gasteiger partial charge in [0.15, 0.2) is 11.5 Å². The predicted octanol–water partition coefficient (Wildman–Crippen LogP) is 3.09. The van der Waals surface area contributed by atoms with Crippen molar-refractivity contribution in [2.45, 2.75) is 43.2 Å². The summed E-state index contributed by atoms with van der Waals surface area (Å²) in [5, 5.41) is 0. The summed E-state index contributed by atoms with van der Waals surface area (Å²) in [5.74, 6) is 1.55. The first-order chi connectivity index (χ1) is 11.6. The van der Waals surface area contributed by atoms with E-state index < -0.39 is 10.0 Å². The van der Waals surface area contributed by atoms with E-state index in [4.69, 9.17) is 13.9 Å².